The van der Waals surface area contributed by atoms with Crippen molar-refractivity contribution in [3.63, 3.8) is 0 Å². The normalized spacial score (nSPS) is 10.7. The number of aliphatic imine (C=N–C) groups is 1. The van der Waals surface area contributed by atoms with Gasteiger partial charge >= 0.3 is 5.97 Å². The van der Waals surface area contributed by atoms with Crippen molar-refractivity contribution in [2.75, 3.05) is 13.7 Å². The lowest BCUT2D eigenvalue weighted by Crippen LogP contribution is -2.06. The van der Waals surface area contributed by atoms with E-state index in [1.165, 1.54) is 13.2 Å². The number of methoxy groups -OCH3 is 1. The van der Waals surface area contributed by atoms with Gasteiger partial charge in [-0.2, -0.15) is 4.99 Å². The molecule has 0 aliphatic rings. The lowest BCUT2D eigenvalue weighted by molar-refractivity contribution is -0.131. The first kappa shape index (κ1) is 15.7. The molecule has 1 aromatic carbocycles. The molecule has 0 saturated carbocycles. The van der Waals surface area contributed by atoms with Crippen molar-refractivity contribution < 1.29 is 28.6 Å². The summed E-state index contributed by atoms with van der Waals surface area (Å²) in [4.78, 5) is 23.8. The van der Waals surface area contributed by atoms with Gasteiger partial charge in [-0.1, -0.05) is 11.6 Å². The molecule has 0 heterocycles. The highest BCUT2D eigenvalue weighted by atomic mass is 35.5. The van der Waals surface area contributed by atoms with Crippen molar-refractivity contribution in [2.24, 2.45) is 4.99 Å². The molecule has 0 aliphatic heterocycles. The SMILES string of the molecule is CO/C(=C/C(=O)O)COc1cc(N=C=O)c(F)cc1Cl. The second-order valence-electron chi connectivity index (χ2n) is 3.38. The number of benzene rings is 1. The van der Waals surface area contributed by atoms with E-state index in [1.54, 1.807) is 0 Å². The van der Waals surface area contributed by atoms with Crippen molar-refractivity contribution in [3.05, 3.63) is 34.8 Å². The molecule has 0 bridgehead atoms. The summed E-state index contributed by atoms with van der Waals surface area (Å²) in [6.07, 6.45) is 2.00. The Balaban J connectivity index is 2.95. The van der Waals surface area contributed by atoms with Gasteiger partial charge < -0.3 is 14.6 Å². The average Bonchev–Trinajstić information content (AvgIpc) is 2.38. The van der Waals surface area contributed by atoms with Gasteiger partial charge in [0.2, 0.25) is 6.08 Å². The number of isocyanates is 1. The molecular weight excluding hydrogens is 293 g/mol. The predicted octanol–water partition coefficient (Wildman–Crippen LogP) is 2.44. The smallest absolute Gasteiger partial charge is 0.331 e. The van der Waals surface area contributed by atoms with E-state index < -0.39 is 11.8 Å². The molecule has 1 N–H and O–H groups in total. The molecule has 0 spiro atoms. The van der Waals surface area contributed by atoms with Crippen LogP contribution in [0.4, 0.5) is 10.1 Å². The lowest BCUT2D eigenvalue weighted by Gasteiger charge is -2.10. The molecular formula is C12H9ClFNO5. The third-order valence-corrected chi connectivity index (χ3v) is 2.38. The molecule has 0 fully saturated rings. The van der Waals surface area contributed by atoms with Crippen molar-refractivity contribution >= 4 is 29.3 Å². The predicted molar refractivity (Wildman–Crippen MR) is 67.4 cm³/mol. The summed E-state index contributed by atoms with van der Waals surface area (Å²) in [6.45, 7) is -0.238. The molecule has 8 heteroatoms. The molecule has 0 atom stereocenters. The van der Waals surface area contributed by atoms with E-state index in [-0.39, 0.29) is 28.8 Å². The molecule has 0 aromatic heterocycles. The fourth-order valence-corrected chi connectivity index (χ4v) is 1.41. The van der Waals surface area contributed by atoms with Gasteiger partial charge in [0.05, 0.1) is 18.2 Å². The first-order chi connectivity index (χ1) is 9.47. The standard InChI is InChI=1S/C12H9ClFNO5/c1-19-7(2-12(17)18)5-20-11-4-10(15-6-16)9(14)3-8(11)13/h2-4H,5H2,1H3,(H,17,18)/b7-2+. The minimum absolute atomic E-state index is 0.0235. The Morgan fingerprint density at radius 2 is 2.30 bits per heavy atom. The summed E-state index contributed by atoms with van der Waals surface area (Å²) in [6, 6.07) is 2.01. The molecule has 0 saturated heterocycles. The topological polar surface area (TPSA) is 85.2 Å². The van der Waals surface area contributed by atoms with Gasteiger partial charge in [0, 0.05) is 6.07 Å². The van der Waals surface area contributed by atoms with Gasteiger partial charge in [-0.3, -0.25) is 0 Å². The zero-order chi connectivity index (χ0) is 15.1. The zero-order valence-corrected chi connectivity index (χ0v) is 11.0. The summed E-state index contributed by atoms with van der Waals surface area (Å²) in [5.41, 5.74) is -0.291. The Labute approximate surface area is 118 Å². The summed E-state index contributed by atoms with van der Waals surface area (Å²) in [5, 5.41) is 8.51. The van der Waals surface area contributed by atoms with Gasteiger partial charge in [-0.15, -0.1) is 0 Å². The summed E-state index contributed by atoms with van der Waals surface area (Å²) < 4.78 is 23.3. The number of hydrogen-bond donors (Lipinski definition) is 1. The third-order valence-electron chi connectivity index (χ3n) is 2.08. The van der Waals surface area contributed by atoms with Crippen molar-refractivity contribution in [1.29, 1.82) is 0 Å². The number of halogens is 2. The molecule has 20 heavy (non-hydrogen) atoms. The Morgan fingerprint density at radius 1 is 1.60 bits per heavy atom. The number of hydrogen-bond acceptors (Lipinski definition) is 5. The van der Waals surface area contributed by atoms with E-state index in [9.17, 15) is 14.0 Å². The van der Waals surface area contributed by atoms with Crippen molar-refractivity contribution in [3.8, 4) is 5.75 Å². The number of carboxylic acid groups (broad SMARTS) is 1. The maximum absolute atomic E-state index is 13.3. The van der Waals surface area contributed by atoms with Crippen LogP contribution in [0, 0.1) is 5.82 Å². The second-order valence-corrected chi connectivity index (χ2v) is 3.79. The number of carboxylic acids is 1. The Morgan fingerprint density at radius 3 is 2.85 bits per heavy atom. The Bertz CT molecular complexity index is 596. The largest absolute Gasteiger partial charge is 0.497 e. The number of aliphatic carboxylic acids is 1. The Kier molecular flexibility index (Phi) is 5.71. The van der Waals surface area contributed by atoms with Crippen LogP contribution >= 0.6 is 11.6 Å². The van der Waals surface area contributed by atoms with Gasteiger partial charge in [0.15, 0.2) is 5.82 Å². The maximum Gasteiger partial charge on any atom is 0.331 e. The number of carbonyl (C=O) groups excluding carboxylic acids is 1. The second kappa shape index (κ2) is 7.28. The van der Waals surface area contributed by atoms with Crippen LogP contribution in [0.25, 0.3) is 0 Å². The molecule has 0 unspecified atom stereocenters. The van der Waals surface area contributed by atoms with Gasteiger partial charge in [0.1, 0.15) is 23.8 Å². The molecule has 0 radical (unpaired) electrons. The van der Waals surface area contributed by atoms with E-state index in [0.29, 0.717) is 0 Å². The molecule has 0 aliphatic carbocycles. The fraction of sp³-hybridized carbons (Fsp3) is 0.167. The number of ether oxygens (including phenoxy) is 2. The van der Waals surface area contributed by atoms with Crippen LogP contribution in [-0.4, -0.2) is 30.9 Å². The molecule has 0 amide bonds. The summed E-state index contributed by atoms with van der Waals surface area (Å²) >= 11 is 5.75. The summed E-state index contributed by atoms with van der Waals surface area (Å²) in [7, 11) is 1.27. The monoisotopic (exact) mass is 301 g/mol. The highest BCUT2D eigenvalue weighted by Gasteiger charge is 2.11. The first-order valence-electron chi connectivity index (χ1n) is 5.15. The maximum atomic E-state index is 13.3. The van der Waals surface area contributed by atoms with E-state index in [4.69, 9.17) is 26.2 Å². The van der Waals surface area contributed by atoms with Crippen LogP contribution in [0.1, 0.15) is 0 Å². The highest BCUT2D eigenvalue weighted by Crippen LogP contribution is 2.32. The van der Waals surface area contributed by atoms with Crippen LogP contribution < -0.4 is 4.74 Å². The van der Waals surface area contributed by atoms with Crippen molar-refractivity contribution in [1.82, 2.24) is 0 Å². The van der Waals surface area contributed by atoms with Gasteiger partial charge in [0.25, 0.3) is 0 Å². The van der Waals surface area contributed by atoms with E-state index in [2.05, 4.69) is 4.99 Å². The van der Waals surface area contributed by atoms with E-state index in [0.717, 1.165) is 18.2 Å². The fourth-order valence-electron chi connectivity index (χ4n) is 1.21. The molecule has 6 nitrogen and oxygen atoms in total. The minimum Gasteiger partial charge on any atom is -0.497 e. The van der Waals surface area contributed by atoms with Crippen LogP contribution in [0.3, 0.4) is 0 Å². The van der Waals surface area contributed by atoms with E-state index >= 15 is 0 Å². The molecule has 106 valence electrons. The zero-order valence-electron chi connectivity index (χ0n) is 10.2. The highest BCUT2D eigenvalue weighted by molar-refractivity contribution is 6.32. The minimum atomic E-state index is -1.21. The first-order valence-corrected chi connectivity index (χ1v) is 5.53. The number of rotatable bonds is 6. The van der Waals surface area contributed by atoms with Crippen LogP contribution in [0.15, 0.2) is 29.0 Å². The van der Waals surface area contributed by atoms with Crippen molar-refractivity contribution in [2.45, 2.75) is 0 Å². The van der Waals surface area contributed by atoms with Crippen LogP contribution in [0.5, 0.6) is 5.75 Å². The Hall–Kier alpha value is -2.37. The van der Waals surface area contributed by atoms with Crippen LogP contribution in [0.2, 0.25) is 5.02 Å². The average molecular weight is 302 g/mol. The molecule has 1 rings (SSSR count). The molecule has 1 aromatic rings. The number of carbonyl (C=O) groups is 1. The lowest BCUT2D eigenvalue weighted by atomic mass is 10.3. The third kappa shape index (κ3) is 4.38. The quantitative estimate of drug-likeness (QED) is 0.377. The van der Waals surface area contributed by atoms with Crippen LogP contribution in [-0.2, 0) is 14.3 Å². The van der Waals surface area contributed by atoms with Gasteiger partial charge in [-0.05, 0) is 6.07 Å². The number of nitrogens with zero attached hydrogens (tertiary/aromatic N) is 1. The van der Waals surface area contributed by atoms with E-state index in [1.807, 2.05) is 0 Å². The van der Waals surface area contributed by atoms with Gasteiger partial charge in [-0.25, -0.2) is 14.0 Å². The summed E-state index contributed by atoms with van der Waals surface area (Å²) in [5.74, 6) is -1.96.